The van der Waals surface area contributed by atoms with Crippen LogP contribution in [0.2, 0.25) is 0 Å². The Labute approximate surface area is 306 Å². The Morgan fingerprint density at radius 2 is 1.73 bits per heavy atom. The van der Waals surface area contributed by atoms with Crippen molar-refractivity contribution in [1.82, 2.24) is 20.5 Å². The molecule has 2 N–H and O–H groups in total. The van der Waals surface area contributed by atoms with E-state index in [4.69, 9.17) is 4.98 Å². The van der Waals surface area contributed by atoms with Crippen molar-refractivity contribution in [3.05, 3.63) is 118 Å². The second-order valence-electron chi connectivity index (χ2n) is 14.4. The number of alkyl halides is 3. The molecule has 0 saturated carbocycles. The van der Waals surface area contributed by atoms with Crippen LogP contribution >= 0.6 is 19.8 Å². The van der Waals surface area contributed by atoms with E-state index in [0.29, 0.717) is 35.7 Å². The molecule has 2 atom stereocenters. The molecule has 0 radical (unpaired) electrons. The van der Waals surface area contributed by atoms with E-state index >= 15 is 0 Å². The van der Waals surface area contributed by atoms with Gasteiger partial charge >= 0.3 is 279 Å². The second kappa shape index (κ2) is 14.4. The summed E-state index contributed by atoms with van der Waals surface area (Å²) in [5.41, 5.74) is 8.17. The number of rotatable bonds is 8. The third-order valence-electron chi connectivity index (χ3n) is 10.8. The molecule has 2 aliphatic heterocycles. The van der Waals surface area contributed by atoms with Crippen molar-refractivity contribution in [2.24, 2.45) is 0 Å². The summed E-state index contributed by atoms with van der Waals surface area (Å²) in [6.07, 6.45) is 3.32. The average Bonchev–Trinajstić information content (AvgIpc) is 3.12. The van der Waals surface area contributed by atoms with Gasteiger partial charge in [0.2, 0.25) is 0 Å². The van der Waals surface area contributed by atoms with E-state index in [9.17, 15) is 14.0 Å². The zero-order valence-corrected chi connectivity index (χ0v) is 32.1. The number of fused-ring (bicyclic) bond motifs is 1. The number of aryl methyl sites for hydroxylation is 3. The molecular weight excluding hydrogens is 752 g/mol. The fraction of sp³-hybridized carbons (Fsp3) is 0.357. The number of nitrogens with one attached hydrogen (secondary N) is 2. The third kappa shape index (κ3) is 7.14. The van der Waals surface area contributed by atoms with Crippen LogP contribution in [0.25, 0.3) is 22.0 Å². The Morgan fingerprint density at radius 1 is 0.941 bits per heavy atom. The molecule has 0 bridgehead atoms. The summed E-state index contributed by atoms with van der Waals surface area (Å²) in [5.74, 6) is 0.593. The number of imide groups is 1. The van der Waals surface area contributed by atoms with E-state index < -0.39 is 25.2 Å². The summed E-state index contributed by atoms with van der Waals surface area (Å²) < 4.78 is 18.6. The normalized spacial score (nSPS) is 19.6. The number of pyridine rings is 1. The molecule has 264 valence electrons. The fourth-order valence-corrected chi connectivity index (χ4v) is 13.7. The zero-order valence-electron chi connectivity index (χ0n) is 29.9. The van der Waals surface area contributed by atoms with Gasteiger partial charge in [-0.1, -0.05) is 12.1 Å². The Kier molecular flexibility index (Phi) is 9.93. The van der Waals surface area contributed by atoms with Crippen LogP contribution in [0, 0.1) is 26.6 Å². The number of hydrogen-bond acceptors (Lipinski definition) is 6. The van der Waals surface area contributed by atoms with Crippen molar-refractivity contribution in [1.29, 1.82) is 0 Å². The van der Waals surface area contributed by atoms with Gasteiger partial charge in [-0.2, -0.15) is 0 Å². The van der Waals surface area contributed by atoms with Crippen molar-refractivity contribution >= 4 is 48.2 Å². The molecule has 0 aliphatic carbocycles. The molecule has 0 unspecified atom stereocenters. The van der Waals surface area contributed by atoms with Crippen LogP contribution in [0.1, 0.15) is 90.7 Å². The summed E-state index contributed by atoms with van der Waals surface area (Å²) in [6, 6.07) is 24.4. The number of hydrogen-bond donors (Lipinski definition) is 2. The first-order chi connectivity index (χ1) is 24.5. The van der Waals surface area contributed by atoms with Crippen molar-refractivity contribution < 1.29 is 14.0 Å². The maximum absolute atomic E-state index is 14.9. The summed E-state index contributed by atoms with van der Waals surface area (Å²) in [5, 5.41) is 16.8. The molecule has 2 fully saturated rings. The van der Waals surface area contributed by atoms with Crippen LogP contribution in [0.15, 0.2) is 72.8 Å². The van der Waals surface area contributed by atoms with Gasteiger partial charge in [-0.05, 0) is 12.5 Å². The van der Waals surface area contributed by atoms with Crippen LogP contribution in [0.3, 0.4) is 0 Å². The summed E-state index contributed by atoms with van der Waals surface area (Å²) in [4.78, 5) is 29.6. The molecule has 0 spiro atoms. The van der Waals surface area contributed by atoms with Crippen molar-refractivity contribution in [3.63, 3.8) is 0 Å². The van der Waals surface area contributed by atoms with Gasteiger partial charge in [-0.25, -0.2) is 4.39 Å². The predicted molar refractivity (Wildman–Crippen MR) is 211 cm³/mol. The summed E-state index contributed by atoms with van der Waals surface area (Å²) in [6.45, 7) is 9.80. The van der Waals surface area contributed by atoms with E-state index in [1.54, 1.807) is 13.0 Å². The number of halogens is 2. The molecular formula is C42H45FIN5O2. The molecule has 7 nitrogen and oxygen atoms in total. The van der Waals surface area contributed by atoms with Crippen molar-refractivity contribution in [2.75, 3.05) is 14.2 Å². The van der Waals surface area contributed by atoms with Crippen molar-refractivity contribution in [3.8, 4) is 11.3 Å². The summed E-state index contributed by atoms with van der Waals surface area (Å²) in [7, 11) is 0. The standard InChI is InChI=1S/C42H45FIN5O2/c1-25-8-6-10-35(39(25)43)27(3)45-40-36-23-30(12-14-34(36)28(4)48-49-40)37-11-7-9-32(46-37)24-44-20-17-29(18-21-44)33-15-13-31(22-26(33)2)42(5)19-16-38(50)47-41(42)51/h6-15,22-23,27,29H,16-21,24H2,1-5H3,(H,45,49)(H,47,50,51)/t27-,42-/m1/s1. The van der Waals surface area contributed by atoms with E-state index in [1.165, 1.54) is 38.5 Å². The molecule has 9 heteroatoms. The first kappa shape index (κ1) is 35.2. The van der Waals surface area contributed by atoms with E-state index in [1.807, 2.05) is 32.9 Å². The van der Waals surface area contributed by atoms with Gasteiger partial charge in [0.15, 0.2) is 0 Å². The van der Waals surface area contributed by atoms with Gasteiger partial charge in [0.05, 0.1) is 0 Å². The monoisotopic (exact) mass is 797 g/mol. The SMILES string of the molecule is Cc1cc([C@@]2(C)CCC(=O)NC2=O)ccc1C1CCI(Cc2cccc(-c3ccc4c(C)nnc(N[C@H](C)c5cccc(C)c5F)c4c3)n2)CC1. The topological polar surface area (TPSA) is 96.9 Å². The Bertz CT molecular complexity index is 2150. The van der Waals surface area contributed by atoms with Gasteiger partial charge in [0, 0.05) is 0 Å². The number of nitrogens with zero attached hydrogens (tertiary/aromatic N) is 3. The van der Waals surface area contributed by atoms with Gasteiger partial charge in [0.1, 0.15) is 0 Å². The molecule has 2 saturated heterocycles. The predicted octanol–water partition coefficient (Wildman–Crippen LogP) is 9.21. The molecule has 5 aromatic rings. The van der Waals surface area contributed by atoms with Gasteiger partial charge in [-0.3, -0.25) is 0 Å². The molecule has 2 amide bonds. The number of benzene rings is 3. The minimum atomic E-state index is -1.22. The summed E-state index contributed by atoms with van der Waals surface area (Å²) >= 11 is -1.22. The van der Waals surface area contributed by atoms with Gasteiger partial charge in [-0.15, -0.1) is 0 Å². The fourth-order valence-electron chi connectivity index (χ4n) is 7.56. The minimum absolute atomic E-state index is 0.181. The molecule has 2 aliphatic rings. The number of piperidine rings is 1. The number of carbonyl (C=O) groups excluding carboxylic acids is 2. The van der Waals surface area contributed by atoms with Crippen LogP contribution in [-0.4, -0.2) is 35.9 Å². The van der Waals surface area contributed by atoms with E-state index in [-0.39, 0.29) is 23.7 Å². The Hall–Kier alpha value is -4.25. The van der Waals surface area contributed by atoms with Crippen LogP contribution in [-0.2, 0) is 19.4 Å². The number of anilines is 1. The first-order valence-corrected chi connectivity index (χ1v) is 22.4. The first-order valence-electron chi connectivity index (χ1n) is 17.8. The van der Waals surface area contributed by atoms with Crippen LogP contribution < -0.4 is 10.6 Å². The molecule has 3 aromatic carbocycles. The second-order valence-corrected chi connectivity index (χ2v) is 20.5. The van der Waals surface area contributed by atoms with Crippen LogP contribution in [0.5, 0.6) is 0 Å². The quantitative estimate of drug-likeness (QED) is 0.0924. The van der Waals surface area contributed by atoms with Gasteiger partial charge < -0.3 is 0 Å². The molecule has 4 heterocycles. The molecule has 7 rings (SSSR count). The third-order valence-corrected chi connectivity index (χ3v) is 17.0. The Balaban J connectivity index is 1.04. The van der Waals surface area contributed by atoms with E-state index in [0.717, 1.165) is 37.7 Å². The number of aromatic nitrogens is 3. The average molecular weight is 798 g/mol. The van der Waals surface area contributed by atoms with Gasteiger partial charge in [0.25, 0.3) is 0 Å². The van der Waals surface area contributed by atoms with E-state index in [2.05, 4.69) is 82.4 Å². The number of amides is 2. The molecule has 2 aromatic heterocycles. The number of carbonyl (C=O) groups is 2. The Morgan fingerprint density at radius 3 is 2.49 bits per heavy atom. The van der Waals surface area contributed by atoms with Crippen LogP contribution in [0.4, 0.5) is 10.2 Å². The molecule has 51 heavy (non-hydrogen) atoms. The zero-order chi connectivity index (χ0) is 35.9. The maximum atomic E-state index is 14.9. The van der Waals surface area contributed by atoms with Crippen molar-refractivity contribution in [2.45, 2.75) is 82.1 Å².